The van der Waals surface area contributed by atoms with Crippen molar-refractivity contribution >= 4 is 38.0 Å². The second kappa shape index (κ2) is 9.49. The molecule has 0 fully saturated rings. The standard InChI is InChI=1S/C26H22N2O3S/c29-26(23-14-8-12-21-11-4-5-13-22(21)23)17-18-27-24-15-6-7-16-25(24)28-32(30,31)19-20-9-2-1-3-10-20/h1-18,27-28H,19H2/b18-17-. The van der Waals surface area contributed by atoms with Gasteiger partial charge in [-0.05, 0) is 28.5 Å². The number of fused-ring (bicyclic) bond motifs is 1. The zero-order valence-electron chi connectivity index (χ0n) is 17.2. The van der Waals surface area contributed by atoms with Gasteiger partial charge in [-0.2, -0.15) is 0 Å². The molecule has 32 heavy (non-hydrogen) atoms. The van der Waals surface area contributed by atoms with Crippen molar-refractivity contribution in [2.75, 3.05) is 10.0 Å². The Morgan fingerprint density at radius 1 is 0.750 bits per heavy atom. The van der Waals surface area contributed by atoms with Crippen LogP contribution in [-0.2, 0) is 15.8 Å². The molecule has 4 aromatic carbocycles. The number of allylic oxidation sites excluding steroid dienone is 1. The topological polar surface area (TPSA) is 75.3 Å². The second-order valence-electron chi connectivity index (χ2n) is 7.26. The van der Waals surface area contributed by atoms with Crippen LogP contribution in [0.1, 0.15) is 15.9 Å². The van der Waals surface area contributed by atoms with Crippen LogP contribution in [0, 0.1) is 0 Å². The van der Waals surface area contributed by atoms with Crippen LogP contribution in [-0.4, -0.2) is 14.2 Å². The first kappa shape index (κ1) is 21.3. The molecule has 0 saturated carbocycles. The highest BCUT2D eigenvalue weighted by molar-refractivity contribution is 7.91. The van der Waals surface area contributed by atoms with Gasteiger partial charge in [0.15, 0.2) is 5.78 Å². The van der Waals surface area contributed by atoms with Crippen LogP contribution >= 0.6 is 0 Å². The van der Waals surface area contributed by atoms with Gasteiger partial charge in [-0.15, -0.1) is 0 Å². The summed E-state index contributed by atoms with van der Waals surface area (Å²) in [5.74, 6) is -0.270. The average molecular weight is 443 g/mol. The molecule has 0 amide bonds. The van der Waals surface area contributed by atoms with Crippen LogP contribution in [0.4, 0.5) is 11.4 Å². The Bertz CT molecular complexity index is 1380. The number of nitrogens with one attached hydrogen (secondary N) is 2. The Morgan fingerprint density at radius 2 is 1.41 bits per heavy atom. The number of ketones is 1. The van der Waals surface area contributed by atoms with E-state index in [-0.39, 0.29) is 11.5 Å². The van der Waals surface area contributed by atoms with E-state index in [1.54, 1.807) is 54.6 Å². The number of anilines is 2. The van der Waals surface area contributed by atoms with Crippen molar-refractivity contribution in [3.8, 4) is 0 Å². The summed E-state index contributed by atoms with van der Waals surface area (Å²) in [7, 11) is -3.60. The van der Waals surface area contributed by atoms with E-state index in [2.05, 4.69) is 10.0 Å². The molecule has 0 bridgehead atoms. The smallest absolute Gasteiger partial charge is 0.236 e. The summed E-state index contributed by atoms with van der Waals surface area (Å²) in [6.07, 6.45) is 2.96. The first-order chi connectivity index (χ1) is 15.5. The van der Waals surface area contributed by atoms with Gasteiger partial charge >= 0.3 is 0 Å². The van der Waals surface area contributed by atoms with Crippen LogP contribution in [0.15, 0.2) is 109 Å². The molecule has 0 aliphatic rings. The zero-order chi connectivity index (χ0) is 22.4. The number of carbonyl (C=O) groups excluding carboxylic acids is 1. The number of para-hydroxylation sites is 2. The lowest BCUT2D eigenvalue weighted by Crippen LogP contribution is -2.16. The van der Waals surface area contributed by atoms with Crippen molar-refractivity contribution < 1.29 is 13.2 Å². The normalized spacial score (nSPS) is 11.5. The summed E-state index contributed by atoms with van der Waals surface area (Å²) < 4.78 is 27.8. The highest BCUT2D eigenvalue weighted by Gasteiger charge is 2.13. The van der Waals surface area contributed by atoms with E-state index in [0.29, 0.717) is 22.5 Å². The Hall–Kier alpha value is -3.90. The zero-order valence-corrected chi connectivity index (χ0v) is 18.0. The Labute approximate surface area is 187 Å². The quantitative estimate of drug-likeness (QED) is 0.275. The molecule has 0 spiro atoms. The van der Waals surface area contributed by atoms with Crippen LogP contribution in [0.5, 0.6) is 0 Å². The van der Waals surface area contributed by atoms with Gasteiger partial charge < -0.3 is 5.32 Å². The summed E-state index contributed by atoms with van der Waals surface area (Å²) in [6, 6.07) is 29.3. The maximum Gasteiger partial charge on any atom is 0.236 e. The Kier molecular flexibility index (Phi) is 6.33. The van der Waals surface area contributed by atoms with Gasteiger partial charge in [0.05, 0.1) is 17.1 Å². The molecule has 5 nitrogen and oxygen atoms in total. The number of rotatable bonds is 8. The molecule has 0 aromatic heterocycles. The predicted molar refractivity (Wildman–Crippen MR) is 130 cm³/mol. The van der Waals surface area contributed by atoms with Gasteiger partial charge in [-0.1, -0.05) is 84.9 Å². The van der Waals surface area contributed by atoms with Crippen LogP contribution < -0.4 is 10.0 Å². The van der Waals surface area contributed by atoms with Crippen LogP contribution in [0.3, 0.4) is 0 Å². The number of sulfonamides is 1. The van der Waals surface area contributed by atoms with Crippen molar-refractivity contribution in [3.63, 3.8) is 0 Å². The minimum atomic E-state index is -3.60. The molecule has 160 valence electrons. The van der Waals surface area contributed by atoms with Gasteiger partial charge in [0, 0.05) is 17.8 Å². The highest BCUT2D eigenvalue weighted by atomic mass is 32.2. The Morgan fingerprint density at radius 3 is 2.22 bits per heavy atom. The molecule has 0 aliphatic heterocycles. The second-order valence-corrected chi connectivity index (χ2v) is 8.98. The fourth-order valence-electron chi connectivity index (χ4n) is 3.43. The average Bonchev–Trinajstić information content (AvgIpc) is 2.80. The number of hydrogen-bond donors (Lipinski definition) is 2. The lowest BCUT2D eigenvalue weighted by Gasteiger charge is -2.12. The maximum absolute atomic E-state index is 12.7. The van der Waals surface area contributed by atoms with Crippen LogP contribution in [0.25, 0.3) is 10.8 Å². The van der Waals surface area contributed by atoms with E-state index in [1.807, 2.05) is 42.5 Å². The van der Waals surface area contributed by atoms with Gasteiger partial charge in [0.2, 0.25) is 10.0 Å². The molecule has 0 aliphatic carbocycles. The van der Waals surface area contributed by atoms with E-state index in [0.717, 1.165) is 10.8 Å². The van der Waals surface area contributed by atoms with Crippen molar-refractivity contribution in [2.45, 2.75) is 5.75 Å². The minimum Gasteiger partial charge on any atom is -0.360 e. The first-order valence-corrected chi connectivity index (χ1v) is 11.8. The largest absolute Gasteiger partial charge is 0.360 e. The minimum absolute atomic E-state index is 0.127. The number of benzene rings is 4. The third-order valence-corrected chi connectivity index (χ3v) is 6.16. The summed E-state index contributed by atoms with van der Waals surface area (Å²) in [5.41, 5.74) is 2.26. The number of carbonyl (C=O) groups is 1. The van der Waals surface area contributed by atoms with Gasteiger partial charge in [0.25, 0.3) is 0 Å². The molecule has 4 rings (SSSR count). The molecule has 0 saturated heterocycles. The monoisotopic (exact) mass is 442 g/mol. The van der Waals surface area contributed by atoms with Crippen molar-refractivity contribution in [1.29, 1.82) is 0 Å². The SMILES string of the molecule is O=C(/C=C\Nc1ccccc1NS(=O)(=O)Cc1ccccc1)c1cccc2ccccc12. The van der Waals surface area contributed by atoms with Gasteiger partial charge in [0.1, 0.15) is 0 Å². The molecule has 0 unspecified atom stereocenters. The molecule has 4 aromatic rings. The molecule has 6 heteroatoms. The fraction of sp³-hybridized carbons (Fsp3) is 0.0385. The third-order valence-electron chi connectivity index (χ3n) is 4.92. The number of hydrogen-bond acceptors (Lipinski definition) is 4. The molecule has 2 N–H and O–H groups in total. The van der Waals surface area contributed by atoms with Gasteiger partial charge in [-0.3, -0.25) is 9.52 Å². The van der Waals surface area contributed by atoms with E-state index in [1.165, 1.54) is 12.3 Å². The maximum atomic E-state index is 12.7. The van der Waals surface area contributed by atoms with Crippen molar-refractivity contribution in [1.82, 2.24) is 0 Å². The summed E-state index contributed by atoms with van der Waals surface area (Å²) in [4.78, 5) is 12.7. The summed E-state index contributed by atoms with van der Waals surface area (Å²) >= 11 is 0. The molecular weight excluding hydrogens is 420 g/mol. The predicted octanol–water partition coefficient (Wildman–Crippen LogP) is 5.59. The summed E-state index contributed by atoms with van der Waals surface area (Å²) in [6.45, 7) is 0. The fourth-order valence-corrected chi connectivity index (χ4v) is 4.65. The Balaban J connectivity index is 1.48. The molecule has 0 heterocycles. The van der Waals surface area contributed by atoms with Crippen molar-refractivity contribution in [2.24, 2.45) is 0 Å². The van der Waals surface area contributed by atoms with E-state index in [4.69, 9.17) is 0 Å². The molecule has 0 atom stereocenters. The third kappa shape index (κ3) is 5.22. The van der Waals surface area contributed by atoms with E-state index >= 15 is 0 Å². The van der Waals surface area contributed by atoms with Gasteiger partial charge in [-0.25, -0.2) is 8.42 Å². The highest BCUT2D eigenvalue weighted by Crippen LogP contribution is 2.24. The van der Waals surface area contributed by atoms with E-state index in [9.17, 15) is 13.2 Å². The first-order valence-electron chi connectivity index (χ1n) is 10.1. The summed E-state index contributed by atoms with van der Waals surface area (Å²) in [5, 5.41) is 4.91. The molecule has 0 radical (unpaired) electrons. The lowest BCUT2D eigenvalue weighted by molar-refractivity contribution is 0.104. The van der Waals surface area contributed by atoms with Crippen molar-refractivity contribution in [3.05, 3.63) is 120 Å². The van der Waals surface area contributed by atoms with E-state index < -0.39 is 10.0 Å². The molecular formula is C26H22N2O3S. The lowest BCUT2D eigenvalue weighted by atomic mass is 10.0. The van der Waals surface area contributed by atoms with Crippen LogP contribution in [0.2, 0.25) is 0 Å².